The van der Waals surface area contributed by atoms with Crippen LogP contribution in [0.4, 0.5) is 17.4 Å². The number of aliphatic imine (C=N–C) groups is 2. The van der Waals surface area contributed by atoms with Crippen molar-refractivity contribution in [3.8, 4) is 11.5 Å². The van der Waals surface area contributed by atoms with E-state index in [1.54, 1.807) is 0 Å². The van der Waals surface area contributed by atoms with Gasteiger partial charge in [0, 0.05) is 29.3 Å². The van der Waals surface area contributed by atoms with Crippen LogP contribution in [0, 0.1) is 0 Å². The number of carbonyl (C=O) groups is 1. The molecule has 1 amide bonds. The van der Waals surface area contributed by atoms with Gasteiger partial charge in [-0.2, -0.15) is 0 Å². The number of hydrogen-bond acceptors (Lipinski definition) is 7. The number of amides is 1. The Morgan fingerprint density at radius 3 is 2.70 bits per heavy atom. The van der Waals surface area contributed by atoms with E-state index < -0.39 is 6.17 Å². The van der Waals surface area contributed by atoms with Crippen LogP contribution in [0.3, 0.4) is 0 Å². The summed E-state index contributed by atoms with van der Waals surface area (Å²) < 4.78 is 5.82. The third-order valence-corrected chi connectivity index (χ3v) is 5.55. The maximum absolute atomic E-state index is 13.0. The number of hydrogen-bond donors (Lipinski definition) is 2. The number of carbonyl (C=O) groups excluding carboxylic acids is 1. The number of benzene rings is 3. The van der Waals surface area contributed by atoms with Gasteiger partial charge < -0.3 is 15.1 Å². The Kier molecular flexibility index (Phi) is 4.54. The zero-order chi connectivity index (χ0) is 22.2. The van der Waals surface area contributed by atoms with Crippen LogP contribution in [-0.2, 0) is 11.2 Å². The SMILES string of the molecule is O=C1Nc2ccccc2C(c2ccccc2)=NC1Nc1nnc(-c2ccc3c(c2)CC=N3)o1. The molecule has 0 saturated heterocycles. The monoisotopic (exact) mass is 434 g/mol. The van der Waals surface area contributed by atoms with Crippen LogP contribution in [0.5, 0.6) is 0 Å². The largest absolute Gasteiger partial charge is 0.403 e. The maximum Gasteiger partial charge on any atom is 0.317 e. The van der Waals surface area contributed by atoms with Gasteiger partial charge in [-0.15, -0.1) is 5.10 Å². The number of aromatic nitrogens is 2. The molecule has 3 aromatic carbocycles. The van der Waals surface area contributed by atoms with E-state index in [4.69, 9.17) is 9.41 Å². The molecule has 1 aromatic heterocycles. The summed E-state index contributed by atoms with van der Waals surface area (Å²) in [6, 6.07) is 23.3. The van der Waals surface area contributed by atoms with Crippen molar-refractivity contribution >= 4 is 35.2 Å². The zero-order valence-corrected chi connectivity index (χ0v) is 17.4. The van der Waals surface area contributed by atoms with Crippen molar-refractivity contribution in [2.24, 2.45) is 9.98 Å². The Labute approximate surface area is 189 Å². The summed E-state index contributed by atoms with van der Waals surface area (Å²) >= 11 is 0. The molecule has 8 nitrogen and oxygen atoms in total. The molecule has 6 rings (SSSR count). The van der Waals surface area contributed by atoms with Gasteiger partial charge >= 0.3 is 6.01 Å². The Hall–Kier alpha value is -4.59. The highest BCUT2D eigenvalue weighted by molar-refractivity contribution is 6.19. The van der Waals surface area contributed by atoms with Crippen LogP contribution in [0.1, 0.15) is 16.7 Å². The summed E-state index contributed by atoms with van der Waals surface area (Å²) in [6.07, 6.45) is 1.71. The molecule has 0 spiro atoms. The Bertz CT molecular complexity index is 1420. The van der Waals surface area contributed by atoms with E-state index in [1.807, 2.05) is 79.0 Å². The summed E-state index contributed by atoms with van der Waals surface area (Å²) in [6.45, 7) is 0. The lowest BCUT2D eigenvalue weighted by Gasteiger charge is -2.11. The maximum atomic E-state index is 13.0. The fourth-order valence-corrected chi connectivity index (χ4v) is 3.95. The average Bonchev–Trinajstić information content (AvgIpc) is 3.49. The lowest BCUT2D eigenvalue weighted by atomic mass is 10.0. The van der Waals surface area contributed by atoms with Crippen LogP contribution < -0.4 is 10.6 Å². The summed E-state index contributed by atoms with van der Waals surface area (Å²) in [5.41, 5.74) is 5.99. The van der Waals surface area contributed by atoms with Gasteiger partial charge in [0.05, 0.1) is 17.1 Å². The van der Waals surface area contributed by atoms with Gasteiger partial charge in [-0.3, -0.25) is 9.79 Å². The van der Waals surface area contributed by atoms with E-state index in [-0.39, 0.29) is 11.9 Å². The van der Waals surface area contributed by atoms with E-state index in [0.29, 0.717) is 17.3 Å². The molecule has 0 aliphatic carbocycles. The van der Waals surface area contributed by atoms with Crippen molar-refractivity contribution in [1.29, 1.82) is 0 Å². The highest BCUT2D eigenvalue weighted by Crippen LogP contribution is 2.30. The van der Waals surface area contributed by atoms with E-state index in [2.05, 4.69) is 25.8 Å². The average molecular weight is 434 g/mol. The summed E-state index contributed by atoms with van der Waals surface area (Å²) in [5, 5.41) is 14.1. The number of nitrogens with one attached hydrogen (secondary N) is 2. The predicted molar refractivity (Wildman–Crippen MR) is 126 cm³/mol. The van der Waals surface area contributed by atoms with Gasteiger partial charge in [-0.1, -0.05) is 53.6 Å². The fourth-order valence-electron chi connectivity index (χ4n) is 3.95. The molecule has 4 aromatic rings. The van der Waals surface area contributed by atoms with Gasteiger partial charge in [-0.05, 0) is 29.8 Å². The number of fused-ring (bicyclic) bond motifs is 2. The van der Waals surface area contributed by atoms with Crippen LogP contribution in [0.2, 0.25) is 0 Å². The predicted octanol–water partition coefficient (Wildman–Crippen LogP) is 4.22. The van der Waals surface area contributed by atoms with E-state index >= 15 is 0 Å². The number of nitrogens with zero attached hydrogens (tertiary/aromatic N) is 4. The number of benzodiazepines with no additional fused rings is 1. The Morgan fingerprint density at radius 1 is 0.939 bits per heavy atom. The standard InChI is InChI=1S/C25H18N6O2/c32-23-22(28-21(15-6-2-1-3-7-15)18-8-4-5-9-20(18)27-23)29-25-31-30-24(33-25)17-10-11-19-16(14-17)12-13-26-19/h1-11,13-14,22H,12H2,(H,27,32)(H,29,31). The first-order valence-corrected chi connectivity index (χ1v) is 10.5. The van der Waals surface area contributed by atoms with Crippen molar-refractivity contribution in [3.63, 3.8) is 0 Å². The van der Waals surface area contributed by atoms with E-state index in [0.717, 1.165) is 34.4 Å². The lowest BCUT2D eigenvalue weighted by molar-refractivity contribution is -0.116. The highest BCUT2D eigenvalue weighted by Gasteiger charge is 2.27. The van der Waals surface area contributed by atoms with Gasteiger partial charge in [-0.25, -0.2) is 4.99 Å². The molecular weight excluding hydrogens is 416 g/mol. The number of anilines is 2. The molecule has 33 heavy (non-hydrogen) atoms. The van der Waals surface area contributed by atoms with Crippen LogP contribution in [0.15, 0.2) is 87.2 Å². The van der Waals surface area contributed by atoms with E-state index in [1.165, 1.54) is 0 Å². The summed E-state index contributed by atoms with van der Waals surface area (Å²) in [4.78, 5) is 22.0. The second-order valence-corrected chi connectivity index (χ2v) is 7.70. The van der Waals surface area contributed by atoms with Crippen molar-refractivity contribution in [2.75, 3.05) is 10.6 Å². The molecule has 0 fully saturated rings. The molecule has 160 valence electrons. The summed E-state index contributed by atoms with van der Waals surface area (Å²) in [7, 11) is 0. The quantitative estimate of drug-likeness (QED) is 0.500. The zero-order valence-electron chi connectivity index (χ0n) is 17.4. The van der Waals surface area contributed by atoms with Crippen molar-refractivity contribution < 1.29 is 9.21 Å². The minimum absolute atomic E-state index is 0.115. The number of para-hydroxylation sites is 1. The third-order valence-electron chi connectivity index (χ3n) is 5.55. The van der Waals surface area contributed by atoms with E-state index in [9.17, 15) is 4.79 Å². The molecule has 8 heteroatoms. The molecule has 1 unspecified atom stereocenters. The molecular formula is C25H18N6O2. The molecule has 0 radical (unpaired) electrons. The van der Waals surface area contributed by atoms with Gasteiger partial charge in [0.15, 0.2) is 0 Å². The second kappa shape index (κ2) is 7.83. The van der Waals surface area contributed by atoms with Gasteiger partial charge in [0.25, 0.3) is 5.91 Å². The highest BCUT2D eigenvalue weighted by atomic mass is 16.4. The minimum atomic E-state index is -0.950. The van der Waals surface area contributed by atoms with Crippen molar-refractivity contribution in [3.05, 3.63) is 89.5 Å². The Balaban J connectivity index is 1.33. The smallest absolute Gasteiger partial charge is 0.317 e. The number of rotatable bonds is 4. The van der Waals surface area contributed by atoms with Crippen LogP contribution >= 0.6 is 0 Å². The van der Waals surface area contributed by atoms with Crippen molar-refractivity contribution in [1.82, 2.24) is 10.2 Å². The molecule has 0 bridgehead atoms. The molecule has 3 heterocycles. The van der Waals surface area contributed by atoms with Crippen molar-refractivity contribution in [2.45, 2.75) is 12.6 Å². The normalized spacial score (nSPS) is 16.4. The molecule has 2 aliphatic rings. The van der Waals surface area contributed by atoms with Gasteiger partial charge in [0.1, 0.15) is 0 Å². The first kappa shape index (κ1) is 19.1. The molecule has 2 N–H and O–H groups in total. The minimum Gasteiger partial charge on any atom is -0.403 e. The molecule has 0 saturated carbocycles. The fraction of sp³-hybridized carbons (Fsp3) is 0.0800. The molecule has 2 aliphatic heterocycles. The first-order chi connectivity index (χ1) is 16.2. The Morgan fingerprint density at radius 2 is 1.79 bits per heavy atom. The van der Waals surface area contributed by atoms with Gasteiger partial charge in [0.2, 0.25) is 12.1 Å². The topological polar surface area (TPSA) is 105 Å². The summed E-state index contributed by atoms with van der Waals surface area (Å²) in [5.74, 6) is 0.0413. The van der Waals surface area contributed by atoms with Crippen LogP contribution in [-0.4, -0.2) is 34.2 Å². The first-order valence-electron chi connectivity index (χ1n) is 10.5. The van der Waals surface area contributed by atoms with Crippen LogP contribution in [0.25, 0.3) is 11.5 Å². The lowest BCUT2D eigenvalue weighted by Crippen LogP contribution is -2.32. The molecule has 1 atom stereocenters. The second-order valence-electron chi connectivity index (χ2n) is 7.70. The third kappa shape index (κ3) is 3.57.